The van der Waals surface area contributed by atoms with E-state index in [-0.39, 0.29) is 32.9 Å². The number of non-ortho nitro benzene ring substituents is 2. The molecule has 0 bridgehead atoms. The molecule has 10 nitrogen and oxygen atoms in total. The average Bonchev–Trinajstić information content (AvgIpc) is 3.40. The quantitative estimate of drug-likeness (QED) is 0.0329. The molecular formula is C60H48N4O6. The van der Waals surface area contributed by atoms with Gasteiger partial charge in [-0.15, -0.1) is 0 Å². The van der Waals surface area contributed by atoms with Gasteiger partial charge in [0.05, 0.1) is 45.6 Å². The van der Waals surface area contributed by atoms with Crippen LogP contribution in [-0.2, 0) is 0 Å². The van der Waals surface area contributed by atoms with E-state index in [0.717, 1.165) is 73.5 Å². The fourth-order valence-corrected chi connectivity index (χ4v) is 8.96. The van der Waals surface area contributed by atoms with E-state index in [4.69, 9.17) is 9.47 Å². The number of fused-ring (bicyclic) bond motifs is 2. The highest BCUT2D eigenvalue weighted by atomic mass is 16.6. The third-order valence-electron chi connectivity index (χ3n) is 12.7. The third kappa shape index (κ3) is 9.09. The SMILES string of the molecule is C=C/C(=C/c1ccc2c([N+](=O)[O-])c3cc(/C(C)=C(/C)c4ccc(N(c5ccccc5)c5ccc(OC)cc5)cc4)ccc3c([N+](=O)[O-])c2c1)c1ccc(N(c2ccccc2)c2ccc(OC)cc2)cc1. The van der Waals surface area contributed by atoms with Crippen LogP contribution in [0.1, 0.15) is 36.1 Å². The molecule has 70 heavy (non-hydrogen) atoms. The minimum atomic E-state index is -0.448. The largest absolute Gasteiger partial charge is 0.497 e. The molecule has 344 valence electrons. The van der Waals surface area contributed by atoms with Gasteiger partial charge in [0, 0.05) is 34.1 Å². The normalized spacial score (nSPS) is 11.7. The number of allylic oxidation sites excluding steroid dienone is 4. The summed E-state index contributed by atoms with van der Waals surface area (Å²) < 4.78 is 10.8. The van der Waals surface area contributed by atoms with E-state index < -0.39 is 9.85 Å². The van der Waals surface area contributed by atoms with Crippen molar-refractivity contribution in [3.63, 3.8) is 0 Å². The molecule has 0 aliphatic heterocycles. The van der Waals surface area contributed by atoms with Crippen molar-refractivity contribution >= 4 is 89.8 Å². The van der Waals surface area contributed by atoms with E-state index in [9.17, 15) is 20.2 Å². The lowest BCUT2D eigenvalue weighted by Gasteiger charge is -2.26. The fourth-order valence-electron chi connectivity index (χ4n) is 8.96. The number of anilines is 6. The lowest BCUT2D eigenvalue weighted by molar-refractivity contribution is -0.384. The summed E-state index contributed by atoms with van der Waals surface area (Å²) in [5.74, 6) is 1.52. The standard InChI is InChI=1S/C60H48N4O6/c1-6-43(45-20-25-50(26-21-45)62(48-15-11-8-12-16-48)52-29-33-54(70-5)34-30-52)37-42-17-35-55-57(38-42)59(63(65)66)56-36-22-46(39-58(56)60(55)64(67)68)41(3)40(2)44-18-23-49(24-19-44)61(47-13-9-7-10-14-47)51-27-31-53(69-4)32-28-51/h6-39H,1H2,2-5H3/b41-40-,43-37-. The first-order chi connectivity index (χ1) is 34.1. The van der Waals surface area contributed by atoms with Crippen LogP contribution in [0.15, 0.2) is 207 Å². The maximum atomic E-state index is 13.0. The Bertz CT molecular complexity index is 3460. The van der Waals surface area contributed by atoms with E-state index in [1.807, 2.05) is 141 Å². The Morgan fingerprint density at radius 3 is 1.26 bits per heavy atom. The van der Waals surface area contributed by atoms with E-state index in [1.54, 1.807) is 56.7 Å². The topological polar surface area (TPSA) is 111 Å². The second-order valence-electron chi connectivity index (χ2n) is 16.7. The highest BCUT2D eigenvalue weighted by Crippen LogP contribution is 2.45. The van der Waals surface area contributed by atoms with Crippen LogP contribution in [-0.4, -0.2) is 24.1 Å². The van der Waals surface area contributed by atoms with Crippen molar-refractivity contribution in [2.45, 2.75) is 13.8 Å². The predicted octanol–water partition coefficient (Wildman–Crippen LogP) is 16.4. The molecule has 0 saturated carbocycles. The molecule has 0 unspecified atom stereocenters. The zero-order valence-electron chi connectivity index (χ0n) is 39.1. The molecule has 0 atom stereocenters. The van der Waals surface area contributed by atoms with Gasteiger partial charge in [-0.3, -0.25) is 20.2 Å². The first kappa shape index (κ1) is 45.9. The maximum absolute atomic E-state index is 13.0. The van der Waals surface area contributed by atoms with Crippen molar-refractivity contribution in [2.24, 2.45) is 0 Å². The second-order valence-corrected chi connectivity index (χ2v) is 16.7. The van der Waals surface area contributed by atoms with Gasteiger partial charge < -0.3 is 19.3 Å². The Hall–Kier alpha value is -9.28. The number of para-hydroxylation sites is 2. The summed E-state index contributed by atoms with van der Waals surface area (Å²) in [4.78, 5) is 29.5. The van der Waals surface area contributed by atoms with Gasteiger partial charge in [0.15, 0.2) is 0 Å². The first-order valence-electron chi connectivity index (χ1n) is 22.6. The van der Waals surface area contributed by atoms with Crippen LogP contribution >= 0.6 is 0 Å². The molecule has 10 heteroatoms. The molecule has 0 heterocycles. The first-order valence-corrected chi connectivity index (χ1v) is 22.6. The summed E-state index contributed by atoms with van der Waals surface area (Å²) in [5.41, 5.74) is 11.2. The molecule has 9 aromatic carbocycles. The van der Waals surface area contributed by atoms with Crippen molar-refractivity contribution in [3.05, 3.63) is 249 Å². The number of nitrogens with zero attached hydrogens (tertiary/aromatic N) is 4. The van der Waals surface area contributed by atoms with E-state index in [1.165, 1.54) is 0 Å². The van der Waals surface area contributed by atoms with Crippen LogP contribution in [0.5, 0.6) is 11.5 Å². The number of hydrogen-bond donors (Lipinski definition) is 0. The number of nitro benzene ring substituents is 2. The molecule has 0 aromatic heterocycles. The Morgan fingerprint density at radius 2 is 0.829 bits per heavy atom. The van der Waals surface area contributed by atoms with Gasteiger partial charge in [0.2, 0.25) is 0 Å². The minimum Gasteiger partial charge on any atom is -0.497 e. The zero-order valence-corrected chi connectivity index (χ0v) is 39.1. The molecule has 0 N–H and O–H groups in total. The Kier molecular flexibility index (Phi) is 13.0. The molecule has 0 aliphatic rings. The molecule has 9 aromatic rings. The van der Waals surface area contributed by atoms with Gasteiger partial charge in [-0.1, -0.05) is 85.5 Å². The van der Waals surface area contributed by atoms with Gasteiger partial charge >= 0.3 is 0 Å². The van der Waals surface area contributed by atoms with E-state index >= 15 is 0 Å². The van der Waals surface area contributed by atoms with Crippen molar-refractivity contribution in [2.75, 3.05) is 24.0 Å². The summed E-state index contributed by atoms with van der Waals surface area (Å²) in [5, 5.41) is 26.8. The van der Waals surface area contributed by atoms with Crippen LogP contribution in [0.4, 0.5) is 45.5 Å². The molecule has 0 radical (unpaired) electrons. The van der Waals surface area contributed by atoms with Crippen molar-refractivity contribution in [1.82, 2.24) is 0 Å². The Balaban J connectivity index is 1.05. The molecule has 0 fully saturated rings. The molecule has 0 amide bonds. The van der Waals surface area contributed by atoms with E-state index in [0.29, 0.717) is 11.1 Å². The Morgan fingerprint density at radius 1 is 0.457 bits per heavy atom. The molecule has 0 saturated heterocycles. The van der Waals surface area contributed by atoms with Gasteiger partial charge in [0.25, 0.3) is 11.4 Å². The van der Waals surface area contributed by atoms with E-state index in [2.05, 4.69) is 52.8 Å². The van der Waals surface area contributed by atoms with Crippen LogP contribution in [0.25, 0.3) is 44.3 Å². The summed E-state index contributed by atoms with van der Waals surface area (Å²) in [6.45, 7) is 8.05. The molecule has 0 aliphatic carbocycles. The Labute approximate surface area is 406 Å². The minimum absolute atomic E-state index is 0.171. The summed E-state index contributed by atoms with van der Waals surface area (Å²) >= 11 is 0. The lowest BCUT2D eigenvalue weighted by atomic mass is 9.92. The zero-order chi connectivity index (χ0) is 48.9. The summed E-state index contributed by atoms with van der Waals surface area (Å²) in [7, 11) is 3.29. The number of benzene rings is 9. The highest BCUT2D eigenvalue weighted by Gasteiger charge is 2.28. The van der Waals surface area contributed by atoms with Gasteiger partial charge in [-0.2, -0.15) is 0 Å². The molecular weight excluding hydrogens is 873 g/mol. The predicted molar refractivity (Wildman–Crippen MR) is 286 cm³/mol. The summed E-state index contributed by atoms with van der Waals surface area (Å²) in [6.07, 6.45) is 3.61. The number of ether oxygens (including phenoxy) is 2. The molecule has 9 rings (SSSR count). The smallest absolute Gasteiger partial charge is 0.285 e. The number of methoxy groups -OCH3 is 2. The van der Waals surface area contributed by atoms with Crippen LogP contribution in [0.2, 0.25) is 0 Å². The van der Waals surface area contributed by atoms with Gasteiger partial charge in [0.1, 0.15) is 11.5 Å². The van der Waals surface area contributed by atoms with Gasteiger partial charge in [-0.25, -0.2) is 0 Å². The second kappa shape index (κ2) is 19.9. The van der Waals surface area contributed by atoms with Crippen LogP contribution in [0.3, 0.4) is 0 Å². The summed E-state index contributed by atoms with van der Waals surface area (Å²) in [6, 6.07) is 62.3. The van der Waals surface area contributed by atoms with Crippen molar-refractivity contribution < 1.29 is 19.3 Å². The highest BCUT2D eigenvalue weighted by molar-refractivity contribution is 6.16. The molecule has 0 spiro atoms. The van der Waals surface area contributed by atoms with Crippen molar-refractivity contribution in [3.8, 4) is 11.5 Å². The number of hydrogen-bond acceptors (Lipinski definition) is 8. The van der Waals surface area contributed by atoms with Gasteiger partial charge in [-0.05, 0) is 180 Å². The van der Waals surface area contributed by atoms with Crippen LogP contribution < -0.4 is 19.3 Å². The monoisotopic (exact) mass is 920 g/mol. The average molecular weight is 921 g/mol. The fraction of sp³-hybridized carbons (Fsp3) is 0.0667. The van der Waals surface area contributed by atoms with Crippen molar-refractivity contribution in [1.29, 1.82) is 0 Å². The third-order valence-corrected chi connectivity index (χ3v) is 12.7. The van der Waals surface area contributed by atoms with Crippen LogP contribution in [0, 0.1) is 20.2 Å². The number of nitro groups is 2. The lowest BCUT2D eigenvalue weighted by Crippen LogP contribution is -2.09. The number of rotatable bonds is 15. The maximum Gasteiger partial charge on any atom is 0.285 e.